The molecule has 0 atom stereocenters. The van der Waals surface area contributed by atoms with Crippen LogP contribution in [0.5, 0.6) is 0 Å². The predicted molar refractivity (Wildman–Crippen MR) is 102 cm³/mol. The molecule has 0 saturated carbocycles. The van der Waals surface area contributed by atoms with Crippen molar-refractivity contribution in [2.24, 2.45) is 0 Å². The predicted octanol–water partition coefficient (Wildman–Crippen LogP) is 0.138. The number of nitrogens with one attached hydrogen (secondary N) is 1. The van der Waals surface area contributed by atoms with Crippen molar-refractivity contribution in [1.82, 2.24) is 9.21 Å². The molecule has 2 heterocycles. The highest BCUT2D eigenvalue weighted by molar-refractivity contribution is 7.89. The molecule has 2 aromatic carbocycles. The Balaban J connectivity index is 1.41. The van der Waals surface area contributed by atoms with Gasteiger partial charge >= 0.3 is 0 Å². The summed E-state index contributed by atoms with van der Waals surface area (Å²) in [5.41, 5.74) is 1.88. The maximum Gasteiger partial charge on any atom is 0.265 e. The molecule has 2 aliphatic heterocycles. The van der Waals surface area contributed by atoms with Gasteiger partial charge < -0.3 is 4.90 Å². The summed E-state index contributed by atoms with van der Waals surface area (Å²) in [5, 5.41) is 0. The van der Waals surface area contributed by atoms with E-state index in [-0.39, 0.29) is 18.5 Å². The third-order valence-corrected chi connectivity index (χ3v) is 7.26. The first-order valence-electron chi connectivity index (χ1n) is 9.23. The summed E-state index contributed by atoms with van der Waals surface area (Å²) in [5.74, 6) is -0.550. The standard InChI is InChI=1S/C20H21N3O4S/c1-15-6-8-16(9-7-15)28(26,27)22-12-10-21(11-13-22)14-23-19(24)17-4-2-3-5-18(17)20(23)25/h2-9H,10-14H2,1H3/p+1. The van der Waals surface area contributed by atoms with E-state index in [0.717, 1.165) is 10.5 Å². The highest BCUT2D eigenvalue weighted by atomic mass is 32.2. The molecule has 28 heavy (non-hydrogen) atoms. The Morgan fingerprint density at radius 2 is 1.43 bits per heavy atom. The second-order valence-electron chi connectivity index (χ2n) is 7.21. The highest BCUT2D eigenvalue weighted by Crippen LogP contribution is 2.21. The van der Waals surface area contributed by atoms with Crippen molar-refractivity contribution in [3.63, 3.8) is 0 Å². The summed E-state index contributed by atoms with van der Waals surface area (Å²) in [4.78, 5) is 27.6. The lowest BCUT2D eigenvalue weighted by Crippen LogP contribution is -3.16. The molecule has 0 radical (unpaired) electrons. The van der Waals surface area contributed by atoms with Crippen LogP contribution in [0.15, 0.2) is 53.4 Å². The fraction of sp³-hybridized carbons (Fsp3) is 0.300. The Morgan fingerprint density at radius 3 is 1.96 bits per heavy atom. The summed E-state index contributed by atoms with van der Waals surface area (Å²) in [6.07, 6.45) is 0. The molecule has 0 aliphatic carbocycles. The molecule has 0 bridgehead atoms. The van der Waals surface area contributed by atoms with Crippen LogP contribution in [0.2, 0.25) is 0 Å². The molecule has 2 aromatic rings. The van der Waals surface area contributed by atoms with Gasteiger partial charge in [-0.05, 0) is 31.2 Å². The van der Waals surface area contributed by atoms with E-state index in [1.807, 2.05) is 6.92 Å². The topological polar surface area (TPSA) is 79.2 Å². The molecule has 7 nitrogen and oxygen atoms in total. The third kappa shape index (κ3) is 3.23. The molecule has 0 aromatic heterocycles. The number of benzene rings is 2. The van der Waals surface area contributed by atoms with Gasteiger partial charge in [0.05, 0.1) is 42.2 Å². The number of aryl methyl sites for hydroxylation is 1. The second-order valence-corrected chi connectivity index (χ2v) is 9.15. The van der Waals surface area contributed by atoms with E-state index in [9.17, 15) is 18.0 Å². The number of imide groups is 1. The van der Waals surface area contributed by atoms with Gasteiger partial charge in [0, 0.05) is 0 Å². The number of carbonyl (C=O) groups excluding carboxylic acids is 2. The zero-order chi connectivity index (χ0) is 19.9. The van der Waals surface area contributed by atoms with Crippen LogP contribution in [0.3, 0.4) is 0 Å². The quantitative estimate of drug-likeness (QED) is 0.741. The summed E-state index contributed by atoms with van der Waals surface area (Å²) in [7, 11) is -3.52. The van der Waals surface area contributed by atoms with Gasteiger partial charge in [0.25, 0.3) is 11.8 Å². The van der Waals surface area contributed by atoms with Crippen LogP contribution >= 0.6 is 0 Å². The number of piperazine rings is 1. The lowest BCUT2D eigenvalue weighted by Gasteiger charge is -2.32. The number of sulfonamides is 1. The van der Waals surface area contributed by atoms with Gasteiger partial charge in [-0.3, -0.25) is 9.59 Å². The monoisotopic (exact) mass is 400 g/mol. The van der Waals surface area contributed by atoms with Crippen LogP contribution in [-0.4, -0.2) is 62.3 Å². The summed E-state index contributed by atoms with van der Waals surface area (Å²) < 4.78 is 27.1. The van der Waals surface area contributed by atoms with Crippen LogP contribution in [0.25, 0.3) is 0 Å². The molecular formula is C20H22N3O4S+. The molecule has 0 spiro atoms. The second kappa shape index (κ2) is 7.12. The molecule has 2 amide bonds. The van der Waals surface area contributed by atoms with E-state index in [0.29, 0.717) is 42.2 Å². The number of nitrogens with zero attached hydrogens (tertiary/aromatic N) is 2. The van der Waals surface area contributed by atoms with Crippen LogP contribution in [0.1, 0.15) is 26.3 Å². The Bertz CT molecular complexity index is 991. The average Bonchev–Trinajstić information content (AvgIpc) is 2.94. The molecule has 0 unspecified atom stereocenters. The zero-order valence-corrected chi connectivity index (χ0v) is 16.4. The maximum atomic E-state index is 12.8. The van der Waals surface area contributed by atoms with E-state index >= 15 is 0 Å². The largest absolute Gasteiger partial charge is 0.315 e. The van der Waals surface area contributed by atoms with Crippen molar-refractivity contribution >= 4 is 21.8 Å². The SMILES string of the molecule is Cc1ccc(S(=O)(=O)N2CC[NH+](CN3C(=O)c4ccccc4C3=O)CC2)cc1. The fourth-order valence-corrected chi connectivity index (χ4v) is 5.11. The van der Waals surface area contributed by atoms with Crippen molar-refractivity contribution in [3.05, 3.63) is 65.2 Å². The molecule has 1 N–H and O–H groups in total. The first-order chi connectivity index (χ1) is 13.4. The minimum atomic E-state index is -3.52. The molecule has 4 rings (SSSR count). The number of hydrogen-bond acceptors (Lipinski definition) is 4. The lowest BCUT2D eigenvalue weighted by atomic mass is 10.1. The number of hydrogen-bond donors (Lipinski definition) is 1. The summed E-state index contributed by atoms with van der Waals surface area (Å²) in [6.45, 7) is 3.96. The number of quaternary nitrogens is 1. The van der Waals surface area contributed by atoms with E-state index in [4.69, 9.17) is 0 Å². The number of fused-ring (bicyclic) bond motifs is 1. The minimum absolute atomic E-state index is 0.255. The summed E-state index contributed by atoms with van der Waals surface area (Å²) in [6, 6.07) is 13.6. The zero-order valence-electron chi connectivity index (χ0n) is 15.6. The van der Waals surface area contributed by atoms with Gasteiger partial charge in [0.15, 0.2) is 6.67 Å². The van der Waals surface area contributed by atoms with Gasteiger partial charge in [0.1, 0.15) is 0 Å². The number of rotatable bonds is 4. The minimum Gasteiger partial charge on any atom is -0.315 e. The first-order valence-corrected chi connectivity index (χ1v) is 10.7. The number of carbonyl (C=O) groups is 2. The van der Waals surface area contributed by atoms with Crippen LogP contribution in [0, 0.1) is 6.92 Å². The van der Waals surface area contributed by atoms with Gasteiger partial charge in [-0.25, -0.2) is 13.3 Å². The van der Waals surface area contributed by atoms with Crippen LogP contribution < -0.4 is 4.90 Å². The van der Waals surface area contributed by atoms with Gasteiger partial charge in [-0.15, -0.1) is 0 Å². The van der Waals surface area contributed by atoms with Crippen LogP contribution in [0.4, 0.5) is 0 Å². The van der Waals surface area contributed by atoms with Crippen LogP contribution in [-0.2, 0) is 10.0 Å². The summed E-state index contributed by atoms with van der Waals surface area (Å²) >= 11 is 0. The normalized spacial score (nSPS) is 18.5. The van der Waals surface area contributed by atoms with Crippen molar-refractivity contribution in [2.75, 3.05) is 32.8 Å². The van der Waals surface area contributed by atoms with E-state index in [1.165, 1.54) is 9.21 Å². The van der Waals surface area contributed by atoms with E-state index < -0.39 is 10.0 Å². The average molecular weight is 400 g/mol. The van der Waals surface area contributed by atoms with Gasteiger partial charge in [-0.2, -0.15) is 4.31 Å². The third-order valence-electron chi connectivity index (χ3n) is 5.35. The molecule has 2 aliphatic rings. The van der Waals surface area contributed by atoms with Crippen molar-refractivity contribution < 1.29 is 22.9 Å². The Labute approximate surface area is 164 Å². The number of amides is 2. The lowest BCUT2D eigenvalue weighted by molar-refractivity contribution is -0.910. The molecule has 146 valence electrons. The Morgan fingerprint density at radius 1 is 0.893 bits per heavy atom. The molecule has 1 saturated heterocycles. The molecular weight excluding hydrogens is 378 g/mol. The Kier molecular flexibility index (Phi) is 4.78. The smallest absolute Gasteiger partial charge is 0.265 e. The van der Waals surface area contributed by atoms with Crippen molar-refractivity contribution in [2.45, 2.75) is 11.8 Å². The van der Waals surface area contributed by atoms with Crippen molar-refractivity contribution in [1.29, 1.82) is 0 Å². The van der Waals surface area contributed by atoms with Crippen molar-refractivity contribution in [3.8, 4) is 0 Å². The van der Waals surface area contributed by atoms with E-state index in [1.54, 1.807) is 48.5 Å². The fourth-order valence-electron chi connectivity index (χ4n) is 3.67. The Hall–Kier alpha value is -2.55. The van der Waals surface area contributed by atoms with Gasteiger partial charge in [-0.1, -0.05) is 29.8 Å². The molecule has 1 fully saturated rings. The van der Waals surface area contributed by atoms with E-state index in [2.05, 4.69) is 0 Å². The maximum absolute atomic E-state index is 12.8. The highest BCUT2D eigenvalue weighted by Gasteiger charge is 2.39. The molecule has 8 heteroatoms. The van der Waals surface area contributed by atoms with Gasteiger partial charge in [0.2, 0.25) is 10.0 Å². The first kappa shape index (κ1) is 18.8.